The molecule has 17 heavy (non-hydrogen) atoms. The fraction of sp³-hybridized carbons (Fsp3) is 0.500. The molecule has 0 amide bonds. The summed E-state index contributed by atoms with van der Waals surface area (Å²) in [5, 5.41) is 3.61. The van der Waals surface area contributed by atoms with E-state index in [2.05, 4.69) is 28.3 Å². The van der Waals surface area contributed by atoms with Crippen LogP contribution in [0.2, 0.25) is 0 Å². The molecule has 3 nitrogen and oxygen atoms in total. The van der Waals surface area contributed by atoms with E-state index in [0.717, 1.165) is 29.3 Å². The van der Waals surface area contributed by atoms with E-state index in [4.69, 9.17) is 0 Å². The minimum atomic E-state index is 0.670. The number of rotatable bonds is 3. The second-order valence-corrected chi connectivity index (χ2v) is 5.10. The van der Waals surface area contributed by atoms with Crippen molar-refractivity contribution < 1.29 is 0 Å². The minimum Gasteiger partial charge on any atom is -0.341 e. The van der Waals surface area contributed by atoms with Crippen LogP contribution in [-0.2, 0) is 6.54 Å². The number of imidazole rings is 1. The van der Waals surface area contributed by atoms with Crippen molar-refractivity contribution in [3.63, 3.8) is 0 Å². The van der Waals surface area contributed by atoms with Crippen LogP contribution >= 0.6 is 0 Å². The maximum atomic E-state index is 4.58. The van der Waals surface area contributed by atoms with Crippen molar-refractivity contribution in [2.24, 2.45) is 5.92 Å². The molecule has 1 fully saturated rings. The van der Waals surface area contributed by atoms with Crippen LogP contribution in [0.3, 0.4) is 0 Å². The van der Waals surface area contributed by atoms with Gasteiger partial charge in [-0.2, -0.15) is 0 Å². The molecule has 1 saturated carbocycles. The fourth-order valence-corrected chi connectivity index (χ4v) is 2.77. The molecular weight excluding hydrogens is 210 g/mol. The molecule has 0 saturated heterocycles. The van der Waals surface area contributed by atoms with Gasteiger partial charge in [0.05, 0.1) is 17.6 Å². The van der Waals surface area contributed by atoms with Crippen molar-refractivity contribution in [1.82, 2.24) is 15.3 Å². The van der Waals surface area contributed by atoms with Crippen molar-refractivity contribution in [3.05, 3.63) is 30.1 Å². The number of fused-ring (bicyclic) bond motifs is 1. The molecule has 0 radical (unpaired) electrons. The van der Waals surface area contributed by atoms with Gasteiger partial charge in [-0.1, -0.05) is 25.5 Å². The molecule has 0 bridgehead atoms. The van der Waals surface area contributed by atoms with E-state index in [1.165, 1.54) is 19.3 Å². The van der Waals surface area contributed by atoms with Gasteiger partial charge in [0.25, 0.3) is 0 Å². The van der Waals surface area contributed by atoms with E-state index in [9.17, 15) is 0 Å². The Balaban J connectivity index is 1.68. The van der Waals surface area contributed by atoms with Gasteiger partial charge >= 0.3 is 0 Å². The third-order valence-electron chi connectivity index (χ3n) is 3.83. The Bertz CT molecular complexity index is 470. The number of para-hydroxylation sites is 2. The lowest BCUT2D eigenvalue weighted by atomic mass is 10.1. The fourth-order valence-electron chi connectivity index (χ4n) is 2.77. The number of nitrogens with zero attached hydrogens (tertiary/aromatic N) is 1. The highest BCUT2D eigenvalue weighted by atomic mass is 15.0. The summed E-state index contributed by atoms with van der Waals surface area (Å²) in [7, 11) is 0. The summed E-state index contributed by atoms with van der Waals surface area (Å²) in [5.41, 5.74) is 2.19. The number of nitrogens with one attached hydrogen (secondary N) is 2. The van der Waals surface area contributed by atoms with E-state index >= 15 is 0 Å². The highest BCUT2D eigenvalue weighted by molar-refractivity contribution is 5.74. The molecule has 2 unspecified atom stereocenters. The van der Waals surface area contributed by atoms with E-state index < -0.39 is 0 Å². The molecule has 0 aliphatic heterocycles. The Hall–Kier alpha value is -1.35. The van der Waals surface area contributed by atoms with Crippen molar-refractivity contribution in [2.75, 3.05) is 0 Å². The van der Waals surface area contributed by atoms with E-state index in [-0.39, 0.29) is 0 Å². The quantitative estimate of drug-likeness (QED) is 0.849. The molecule has 2 N–H and O–H groups in total. The summed E-state index contributed by atoms with van der Waals surface area (Å²) in [6.45, 7) is 3.19. The predicted octanol–water partition coefficient (Wildman–Crippen LogP) is 2.84. The van der Waals surface area contributed by atoms with E-state index in [1.807, 2.05) is 18.2 Å². The Morgan fingerprint density at radius 2 is 2.24 bits per heavy atom. The molecular formula is C14H19N3. The van der Waals surface area contributed by atoms with Crippen LogP contribution in [0.15, 0.2) is 24.3 Å². The van der Waals surface area contributed by atoms with E-state index in [1.54, 1.807) is 0 Å². The second kappa shape index (κ2) is 4.49. The van der Waals surface area contributed by atoms with Crippen LogP contribution in [-0.4, -0.2) is 16.0 Å². The molecule has 3 heteroatoms. The third kappa shape index (κ3) is 2.20. The molecule has 1 aromatic heterocycles. The maximum Gasteiger partial charge on any atom is 0.121 e. The molecule has 1 aliphatic rings. The molecule has 90 valence electrons. The highest BCUT2D eigenvalue weighted by Crippen LogP contribution is 2.25. The highest BCUT2D eigenvalue weighted by Gasteiger charge is 2.22. The zero-order chi connectivity index (χ0) is 11.7. The van der Waals surface area contributed by atoms with Crippen LogP contribution in [0.4, 0.5) is 0 Å². The normalized spacial score (nSPS) is 24.5. The van der Waals surface area contributed by atoms with Crippen LogP contribution in [0.1, 0.15) is 32.0 Å². The van der Waals surface area contributed by atoms with Gasteiger partial charge in [0.2, 0.25) is 0 Å². The van der Waals surface area contributed by atoms with Gasteiger partial charge in [-0.3, -0.25) is 0 Å². The molecule has 2 aromatic rings. The van der Waals surface area contributed by atoms with Gasteiger partial charge in [-0.25, -0.2) is 4.98 Å². The summed E-state index contributed by atoms with van der Waals surface area (Å²) >= 11 is 0. The first-order valence-electron chi connectivity index (χ1n) is 6.50. The molecule has 0 spiro atoms. The lowest BCUT2D eigenvalue weighted by molar-refractivity contribution is 0.422. The van der Waals surface area contributed by atoms with Gasteiger partial charge in [0.1, 0.15) is 5.82 Å². The molecule has 2 atom stereocenters. The average Bonchev–Trinajstić information content (AvgIpc) is 2.92. The largest absolute Gasteiger partial charge is 0.341 e. The van der Waals surface area contributed by atoms with Crippen LogP contribution in [0.5, 0.6) is 0 Å². The molecule has 1 aromatic carbocycles. The zero-order valence-electron chi connectivity index (χ0n) is 10.2. The first-order chi connectivity index (χ1) is 8.33. The first-order valence-corrected chi connectivity index (χ1v) is 6.50. The van der Waals surface area contributed by atoms with Gasteiger partial charge in [0, 0.05) is 6.04 Å². The second-order valence-electron chi connectivity index (χ2n) is 5.10. The van der Waals surface area contributed by atoms with Gasteiger partial charge in [-0.05, 0) is 30.9 Å². The summed E-state index contributed by atoms with van der Waals surface area (Å²) in [5.74, 6) is 1.85. The van der Waals surface area contributed by atoms with Gasteiger partial charge < -0.3 is 10.3 Å². The third-order valence-corrected chi connectivity index (χ3v) is 3.83. The van der Waals surface area contributed by atoms with E-state index in [0.29, 0.717) is 6.04 Å². The van der Waals surface area contributed by atoms with Crippen molar-refractivity contribution in [3.8, 4) is 0 Å². The maximum absolute atomic E-state index is 4.58. The Labute approximate surface area is 102 Å². The summed E-state index contributed by atoms with van der Waals surface area (Å²) in [6, 6.07) is 8.86. The standard InChI is InChI=1S/C14H19N3/c1-10-5-4-8-11(10)15-9-14-16-12-6-2-3-7-13(12)17-14/h2-3,6-7,10-11,15H,4-5,8-9H2,1H3,(H,16,17). The Morgan fingerprint density at radius 1 is 1.35 bits per heavy atom. The summed E-state index contributed by atoms with van der Waals surface area (Å²) in [4.78, 5) is 7.94. The van der Waals surface area contributed by atoms with Crippen molar-refractivity contribution >= 4 is 11.0 Å². The number of H-pyrrole nitrogens is 1. The molecule has 3 rings (SSSR count). The minimum absolute atomic E-state index is 0.670. The van der Waals surface area contributed by atoms with Crippen molar-refractivity contribution in [1.29, 1.82) is 0 Å². The number of aromatic amines is 1. The Morgan fingerprint density at radius 3 is 3.00 bits per heavy atom. The lowest BCUT2D eigenvalue weighted by Gasteiger charge is -2.16. The number of hydrogen-bond donors (Lipinski definition) is 2. The monoisotopic (exact) mass is 229 g/mol. The smallest absolute Gasteiger partial charge is 0.121 e. The zero-order valence-corrected chi connectivity index (χ0v) is 10.2. The number of aromatic nitrogens is 2. The van der Waals surface area contributed by atoms with Crippen LogP contribution in [0, 0.1) is 5.92 Å². The van der Waals surface area contributed by atoms with Gasteiger partial charge in [0.15, 0.2) is 0 Å². The van der Waals surface area contributed by atoms with Crippen LogP contribution < -0.4 is 5.32 Å². The predicted molar refractivity (Wildman–Crippen MR) is 69.7 cm³/mol. The molecule has 1 aliphatic carbocycles. The summed E-state index contributed by atoms with van der Waals surface area (Å²) in [6.07, 6.45) is 4.03. The summed E-state index contributed by atoms with van der Waals surface area (Å²) < 4.78 is 0. The van der Waals surface area contributed by atoms with Crippen LogP contribution in [0.25, 0.3) is 11.0 Å². The Kier molecular flexibility index (Phi) is 2.85. The first kappa shape index (κ1) is 10.8. The number of hydrogen-bond acceptors (Lipinski definition) is 2. The SMILES string of the molecule is CC1CCCC1NCc1nc2ccccc2[nH]1. The lowest BCUT2D eigenvalue weighted by Crippen LogP contribution is -2.30. The van der Waals surface area contributed by atoms with Gasteiger partial charge in [-0.15, -0.1) is 0 Å². The number of benzene rings is 1. The average molecular weight is 229 g/mol. The van der Waals surface area contributed by atoms with Crippen molar-refractivity contribution in [2.45, 2.75) is 38.8 Å². The topological polar surface area (TPSA) is 40.7 Å². The molecule has 1 heterocycles.